The third kappa shape index (κ3) is 23.8. The number of methoxy groups -OCH3 is 8. The number of benzene rings is 4. The Morgan fingerprint density at radius 1 is 0.358 bits per heavy atom. The molecule has 8 aliphatic heterocycles. The topological polar surface area (TPSA) is 296 Å². The van der Waals surface area contributed by atoms with Crippen LogP contribution in [0.3, 0.4) is 0 Å². The molecule has 0 spiro atoms. The molecule has 24 nitrogen and oxygen atoms in total. The van der Waals surface area contributed by atoms with Crippen molar-refractivity contribution in [1.29, 1.82) is 0 Å². The lowest BCUT2D eigenvalue weighted by atomic mass is 9.79. The Labute approximate surface area is 767 Å². The summed E-state index contributed by atoms with van der Waals surface area (Å²) in [6.45, 7) is 6.30. The molecule has 4 fully saturated rings. The van der Waals surface area contributed by atoms with Crippen LogP contribution in [-0.2, 0) is 63.8 Å². The van der Waals surface area contributed by atoms with Gasteiger partial charge in [0.2, 0.25) is 0 Å². The van der Waals surface area contributed by atoms with Crippen LogP contribution in [0.1, 0.15) is 278 Å². The minimum atomic E-state index is -3.09. The summed E-state index contributed by atoms with van der Waals surface area (Å²) in [5, 5.41) is 0. The molecular formula is C96H152N8O16. The normalized spacial score (nSPS) is 35.3. The van der Waals surface area contributed by atoms with Crippen molar-refractivity contribution in [1.82, 2.24) is 19.6 Å². The van der Waals surface area contributed by atoms with Crippen LogP contribution in [0.25, 0.3) is 0 Å². The molecule has 12 rings (SSSR count). The van der Waals surface area contributed by atoms with Gasteiger partial charge < -0.3 is 79.8 Å². The van der Waals surface area contributed by atoms with Crippen LogP contribution in [0.5, 0.6) is 46.0 Å². The first-order valence-corrected chi connectivity index (χ1v) is 41.0. The van der Waals surface area contributed by atoms with E-state index in [1.54, 1.807) is 87.1 Å². The number of carbonyl (C=O) groups is 4. The fraction of sp³-hybridized carbons (Fsp3) is 0.708. The monoisotopic (exact) mass is 1710 g/mol. The third-order valence-electron chi connectivity index (χ3n) is 23.1. The zero-order valence-electron chi connectivity index (χ0n) is 108. The Balaban J connectivity index is 0.000000229. The van der Waals surface area contributed by atoms with Crippen LogP contribution < -0.4 is 60.8 Å². The Kier molecular flexibility index (Phi) is 21.3. The van der Waals surface area contributed by atoms with Crippen molar-refractivity contribution in [2.75, 3.05) is 109 Å². The summed E-state index contributed by atoms with van der Waals surface area (Å²) in [5.41, 5.74) is 28.9. The van der Waals surface area contributed by atoms with E-state index < -0.39 is 223 Å². The summed E-state index contributed by atoms with van der Waals surface area (Å²) < 4.78 is 357. The molecule has 0 aliphatic carbocycles. The molecule has 8 N–H and O–H groups in total. The second-order valence-corrected chi connectivity index (χ2v) is 33.0. The van der Waals surface area contributed by atoms with E-state index in [1.807, 2.05) is 12.1 Å². The van der Waals surface area contributed by atoms with Crippen LogP contribution in [0, 0.1) is 70.9 Å². The summed E-state index contributed by atoms with van der Waals surface area (Å²) in [6.07, 6.45) is -16.3. The van der Waals surface area contributed by atoms with E-state index in [2.05, 4.69) is 0 Å². The first kappa shape index (κ1) is 58.1. The average molecular weight is 1710 g/mol. The van der Waals surface area contributed by atoms with Gasteiger partial charge in [-0.05, 0) is 191 Å². The number of fused-ring (bicyclic) bond motifs is 12. The highest BCUT2D eigenvalue weighted by Crippen LogP contribution is 2.50. The first-order chi connectivity index (χ1) is 70.3. The molecule has 4 aromatic carbocycles. The SMILES string of the molecule is [2H]C([2H])([2H])Oc1cc2c(cc1OC)C1([2H])CC(OC(=O)[C@@H](N)C(C)C)C(C([2H])([2H])C([2H])(C)C([2H])([2H])[2H])CN1CC2.[2H]C([2H])([2H])Oc1cc2c(cc1OC)C1([2H])CC([2H])(OC(=O)[C@@H](N)C(C)C)C(C([2H])([2H])C([2H])(C)C([2H])([2H])[2H])CN1CC2.[2H]C12CC(OC(=O)[C@@H](N)C(C)C)C(C([2H])([2H])C([2H])(C)C([2H])([2H])[2H])CN1CCc1cc(OC)c(OC)cc12.[2H]C12CC(OC(=O)[C@@H](N)C(C)C)C(C([2H])([2H])C([2H])(C)C([2H])([2H])[2H])CN1CCc1cc(OC)c(OC)cc12. The second kappa shape index (κ2) is 43.9. The van der Waals surface area contributed by atoms with Crippen molar-refractivity contribution in [3.63, 3.8) is 0 Å². The maximum Gasteiger partial charge on any atom is 0.323 e. The summed E-state index contributed by atoms with van der Waals surface area (Å²) >= 11 is 0. The van der Waals surface area contributed by atoms with Crippen LogP contribution in [-0.4, -0.2) is 201 Å². The molecule has 0 radical (unpaired) electrons. The lowest BCUT2D eigenvalue weighted by molar-refractivity contribution is -0.161. The van der Waals surface area contributed by atoms with Gasteiger partial charge in [-0.1, -0.05) is 110 Å². The highest BCUT2D eigenvalue weighted by Gasteiger charge is 2.47. The number of esters is 4. The first-order valence-electron chi connectivity index (χ1n) is 58.5. The molecule has 672 valence electrons. The van der Waals surface area contributed by atoms with Crippen molar-refractivity contribution in [2.45, 2.75) is 260 Å². The minimum Gasteiger partial charge on any atom is -0.493 e. The van der Waals surface area contributed by atoms with E-state index in [0.29, 0.717) is 88.7 Å². The van der Waals surface area contributed by atoms with Crippen molar-refractivity contribution in [3.8, 4) is 46.0 Å². The Morgan fingerprint density at radius 2 is 0.583 bits per heavy atom. The van der Waals surface area contributed by atoms with Crippen LogP contribution in [0.2, 0.25) is 0 Å². The molecule has 0 saturated carbocycles. The summed E-state index contributed by atoms with van der Waals surface area (Å²) in [6, 6.07) is 2.60. The summed E-state index contributed by atoms with van der Waals surface area (Å²) in [5.74, 6) is -18.1. The Morgan fingerprint density at radius 3 is 0.825 bits per heavy atom. The Hall–Kier alpha value is -7.16. The van der Waals surface area contributed by atoms with Gasteiger partial charge in [0.25, 0.3) is 0 Å². The molecule has 20 atom stereocenters. The minimum absolute atomic E-state index is 0.0151. The van der Waals surface area contributed by atoms with Gasteiger partial charge in [0.05, 0.1) is 71.8 Å². The molecule has 24 heteroatoms. The molecular weight excluding hydrogens is 1520 g/mol. The molecule has 0 bridgehead atoms. The van der Waals surface area contributed by atoms with Gasteiger partial charge in [0.1, 0.15) is 48.6 Å². The van der Waals surface area contributed by atoms with Crippen molar-refractivity contribution >= 4 is 23.9 Å². The molecule has 16 unspecified atom stereocenters. The molecule has 120 heavy (non-hydrogen) atoms. The maximum atomic E-state index is 13.1. The Bertz CT molecular complexity index is 5480. The molecule has 4 aromatic rings. The third-order valence-corrected chi connectivity index (χ3v) is 23.1. The van der Waals surface area contributed by atoms with Gasteiger partial charge in [0.15, 0.2) is 46.0 Å². The summed E-state index contributed by atoms with van der Waals surface area (Å²) in [4.78, 5) is 58.6. The number of piperidine rings is 4. The number of nitrogens with two attached hydrogens (primary N) is 4. The molecule has 0 amide bonds. The number of hydrogen-bond donors (Lipinski definition) is 4. The number of nitrogens with zero attached hydrogens (tertiary/aromatic N) is 4. The quantitative estimate of drug-likeness (QED) is 0.0303. The smallest absolute Gasteiger partial charge is 0.323 e. The number of carbonyl (C=O) groups excluding carboxylic acids is 4. The van der Waals surface area contributed by atoms with Gasteiger partial charge in [-0.2, -0.15) is 0 Å². The van der Waals surface area contributed by atoms with E-state index in [-0.39, 0.29) is 106 Å². The standard InChI is InChI=1S/4C24H38N2O4/c4*1-14(2)9-17-13-26-8-7-16-10-21(28-5)22(29-6)11-18(16)19(26)12-20(17)30-24(27)23(25)15(3)4/h4*10-11,14-15,17,19-20,23H,7-9,12-13,25H2,1-6H3/t4*17?,19?,20?,23-/m0000/s1/i1D3,5D3,9D2,14D,19D,20D;1D3,5D3,9D2,14D,19D;2*1D3,9D2,14D,19D/t4*14?,17?,19?,20?,23-. The number of rotatable bonds is 28. The molecule has 4 saturated heterocycles. The predicted molar refractivity (Wildman–Crippen MR) is 471 cm³/mol. The van der Waals surface area contributed by atoms with Gasteiger partial charge in [-0.3, -0.25) is 38.8 Å². The lowest BCUT2D eigenvalue weighted by Crippen LogP contribution is -2.51. The molecule has 8 aliphatic rings. The summed E-state index contributed by atoms with van der Waals surface area (Å²) in [7, 11) is 3.17. The highest BCUT2D eigenvalue weighted by atomic mass is 16.6. The van der Waals surface area contributed by atoms with Crippen molar-refractivity contribution < 1.29 is 124 Å². The highest BCUT2D eigenvalue weighted by molar-refractivity contribution is 5.77. The molecule has 8 heterocycles. The van der Waals surface area contributed by atoms with Crippen LogP contribution in [0.4, 0.5) is 0 Å². The van der Waals surface area contributed by atoms with E-state index >= 15 is 0 Å². The zero-order valence-corrected chi connectivity index (χ0v) is 72.7. The van der Waals surface area contributed by atoms with Crippen LogP contribution >= 0.6 is 0 Å². The van der Waals surface area contributed by atoms with E-state index in [9.17, 15) is 26.0 Å². The molecule has 0 aromatic heterocycles. The van der Waals surface area contributed by atoms with Crippen molar-refractivity contribution in [2.24, 2.45) is 93.9 Å². The fourth-order valence-corrected chi connectivity index (χ4v) is 16.2. The second-order valence-electron chi connectivity index (χ2n) is 33.0. The largest absolute Gasteiger partial charge is 0.493 e. The number of ether oxygens (including phenoxy) is 12. The van der Waals surface area contributed by atoms with Crippen molar-refractivity contribution in [3.05, 3.63) is 93.0 Å². The fourth-order valence-electron chi connectivity index (χ4n) is 16.2. The van der Waals surface area contributed by atoms with E-state index in [4.69, 9.17) is 121 Å². The van der Waals surface area contributed by atoms with Gasteiger partial charge in [0, 0.05) is 159 Å². The van der Waals surface area contributed by atoms with Gasteiger partial charge >= 0.3 is 23.9 Å². The zero-order chi connectivity index (χ0) is 118. The van der Waals surface area contributed by atoms with Crippen LogP contribution in [0.15, 0.2) is 48.5 Å². The van der Waals surface area contributed by atoms with Gasteiger partial charge in [-0.25, -0.2) is 0 Å². The maximum absolute atomic E-state index is 13.1. The number of hydrogen-bond acceptors (Lipinski definition) is 24. The van der Waals surface area contributed by atoms with Gasteiger partial charge in [-0.15, -0.1) is 0 Å². The lowest BCUT2D eigenvalue weighted by Gasteiger charge is -2.47. The predicted octanol–water partition coefficient (Wildman–Crippen LogP) is 14.3. The van der Waals surface area contributed by atoms with E-state index in [1.165, 1.54) is 66.9 Å². The average Bonchev–Trinajstić information content (AvgIpc) is 0.696. The van der Waals surface area contributed by atoms with E-state index in [0.717, 1.165) is 38.8 Å².